The number of rotatable bonds is 5. The molecule has 1 aliphatic carbocycles. The molecule has 1 aromatic carbocycles. The number of hydrogen-bond donors (Lipinski definition) is 3. The summed E-state index contributed by atoms with van der Waals surface area (Å²) in [5.74, 6) is -0.0661. The summed E-state index contributed by atoms with van der Waals surface area (Å²) in [4.78, 5) is 69.2. The smallest absolute Gasteiger partial charge is 0.410 e. The minimum absolute atomic E-state index is 0.126. The first-order chi connectivity index (χ1) is 24.6. The lowest BCUT2D eigenvalue weighted by molar-refractivity contribution is -0.140. The molecule has 52 heavy (non-hydrogen) atoms. The van der Waals surface area contributed by atoms with Crippen molar-refractivity contribution >= 4 is 47.9 Å². The Balaban J connectivity index is 1.21. The topological polar surface area (TPSA) is 180 Å². The Labute approximate surface area is 301 Å². The van der Waals surface area contributed by atoms with Crippen molar-refractivity contribution in [2.45, 2.75) is 77.2 Å². The summed E-state index contributed by atoms with van der Waals surface area (Å²) >= 11 is 0. The van der Waals surface area contributed by atoms with Gasteiger partial charge in [-0.2, -0.15) is 0 Å². The number of ether oxygens (including phenoxy) is 1. The second-order valence-corrected chi connectivity index (χ2v) is 20.6. The highest BCUT2D eigenvalue weighted by molar-refractivity contribution is 6.94. The largest absolute Gasteiger partial charge is 0.415 e. The number of Topliss-reactive ketones (excluding diaryl/α,β-unsaturated/α-hetero) is 1. The van der Waals surface area contributed by atoms with Crippen LogP contribution in [-0.4, -0.2) is 86.8 Å². The van der Waals surface area contributed by atoms with Crippen LogP contribution in [-0.2, 0) is 23.4 Å². The molecule has 272 valence electrons. The number of ketones is 1. The Bertz CT molecular complexity index is 2210. The number of nitrogens with one attached hydrogen (secondary N) is 1. The summed E-state index contributed by atoms with van der Waals surface area (Å²) in [7, 11) is -2.40. The number of pyridine rings is 2. The van der Waals surface area contributed by atoms with E-state index < -0.39 is 25.7 Å². The van der Waals surface area contributed by atoms with Crippen LogP contribution in [0.3, 0.4) is 0 Å². The molecule has 3 N–H and O–H groups in total. The Morgan fingerprint density at radius 2 is 1.73 bits per heavy atom. The van der Waals surface area contributed by atoms with Crippen molar-refractivity contribution in [3.63, 3.8) is 0 Å². The van der Waals surface area contributed by atoms with Crippen LogP contribution in [0.2, 0.25) is 18.1 Å². The van der Waals surface area contributed by atoms with Crippen molar-refractivity contribution in [3.8, 4) is 17.1 Å². The van der Waals surface area contributed by atoms with Crippen LogP contribution >= 0.6 is 0 Å². The zero-order valence-corrected chi connectivity index (χ0v) is 31.2. The predicted molar refractivity (Wildman–Crippen MR) is 196 cm³/mol. The van der Waals surface area contributed by atoms with Gasteiger partial charge in [-0.15, -0.1) is 0 Å². The lowest BCUT2D eigenvalue weighted by Crippen LogP contribution is -2.52. The fraction of sp³-hybridized carbons (Fsp3) is 0.432. The van der Waals surface area contributed by atoms with E-state index in [0.29, 0.717) is 78.9 Å². The highest BCUT2D eigenvalue weighted by Gasteiger charge is 2.44. The average Bonchev–Trinajstić information content (AvgIpc) is 3.49. The number of anilines is 1. The molecule has 3 aromatic heterocycles. The quantitative estimate of drug-likeness (QED) is 0.137. The van der Waals surface area contributed by atoms with Crippen molar-refractivity contribution in [3.05, 3.63) is 69.3 Å². The zero-order chi connectivity index (χ0) is 37.3. The number of nitrogens with zero attached hydrogens (tertiary/aromatic N) is 6. The van der Waals surface area contributed by atoms with Gasteiger partial charge in [0.1, 0.15) is 11.4 Å². The molecular formula is C37H43N7O7Si. The molecule has 1 fully saturated rings. The number of carbonyl (C=O) groups excluding carboxylic acids is 3. The van der Waals surface area contributed by atoms with Gasteiger partial charge in [-0.05, 0) is 47.3 Å². The number of piperazine rings is 1. The van der Waals surface area contributed by atoms with E-state index in [-0.39, 0.29) is 34.8 Å². The third-order valence-corrected chi connectivity index (χ3v) is 17.1. The van der Waals surface area contributed by atoms with Crippen molar-refractivity contribution in [1.29, 1.82) is 0 Å². The highest BCUT2D eigenvalue weighted by Crippen LogP contribution is 2.42. The molecule has 7 rings (SSSR count). The first-order valence-electron chi connectivity index (χ1n) is 17.6. The molecule has 5 heterocycles. The Hall–Kier alpha value is -4.99. The van der Waals surface area contributed by atoms with E-state index in [2.05, 4.69) is 49.9 Å². The standard InChI is InChI=1S/C37H43N7O7Si/c1-7-37(49)25-17-27-30-21(20-44(27)33(47)23(25)8-11-29(37)45)16-24-26(40-30)9-10-28(31(24)52(5,6)36(2,3)4)51-35(48)43-14-12-42(13-15-43)34-38-18-22(19-39-34)32(46)41-50/h9-10,16-19,49-50H,7-8,11-15,20H2,1-6H3,(H,41,46)/t37-/m0/s1. The zero-order valence-electron chi connectivity index (χ0n) is 30.2. The lowest BCUT2D eigenvalue weighted by Gasteiger charge is -2.39. The van der Waals surface area contributed by atoms with Gasteiger partial charge in [0, 0.05) is 67.1 Å². The SMILES string of the molecule is CC[C@@]1(O)C(=O)CCc2c1cc1n(c2=O)Cc2cc3c([Si](C)(C)C(C)(C)C)c(OC(=O)N4CCN(c5ncc(C(=O)NO)cn5)CC4)ccc3nc2-1. The van der Waals surface area contributed by atoms with Gasteiger partial charge in [-0.3, -0.25) is 19.6 Å². The predicted octanol–water partition coefficient (Wildman–Crippen LogP) is 3.48. The summed E-state index contributed by atoms with van der Waals surface area (Å²) in [6.07, 6.45) is 2.81. The maximum absolute atomic E-state index is 13.8. The fourth-order valence-corrected chi connectivity index (χ4v) is 9.81. The third kappa shape index (κ3) is 5.58. The van der Waals surface area contributed by atoms with Crippen LogP contribution in [0.5, 0.6) is 5.75 Å². The Morgan fingerprint density at radius 3 is 2.37 bits per heavy atom. The maximum atomic E-state index is 13.8. The lowest BCUT2D eigenvalue weighted by atomic mass is 9.77. The van der Waals surface area contributed by atoms with Crippen LogP contribution in [0, 0.1) is 0 Å². The van der Waals surface area contributed by atoms with E-state index in [1.165, 1.54) is 12.4 Å². The van der Waals surface area contributed by atoms with Crippen molar-refractivity contribution in [2.24, 2.45) is 0 Å². The number of hydroxylamine groups is 1. The van der Waals surface area contributed by atoms with E-state index in [4.69, 9.17) is 14.9 Å². The molecule has 2 amide bonds. The van der Waals surface area contributed by atoms with Gasteiger partial charge in [-0.1, -0.05) is 40.8 Å². The van der Waals surface area contributed by atoms with Crippen LogP contribution < -0.4 is 25.9 Å². The molecule has 2 aliphatic heterocycles. The third-order valence-electron chi connectivity index (χ3n) is 11.6. The number of benzene rings is 1. The molecule has 3 aliphatic rings. The van der Waals surface area contributed by atoms with Crippen LogP contribution in [0.25, 0.3) is 22.3 Å². The number of amides is 2. The highest BCUT2D eigenvalue weighted by atomic mass is 28.3. The van der Waals surface area contributed by atoms with Gasteiger partial charge in [-0.25, -0.2) is 25.2 Å². The van der Waals surface area contributed by atoms with Gasteiger partial charge in [0.2, 0.25) is 5.95 Å². The van der Waals surface area contributed by atoms with E-state index in [9.17, 15) is 24.3 Å². The fourth-order valence-electron chi connectivity index (χ4n) is 7.43. The number of carbonyl (C=O) groups is 3. The van der Waals surface area contributed by atoms with E-state index in [1.54, 1.807) is 27.9 Å². The Kier molecular flexibility index (Phi) is 8.58. The van der Waals surface area contributed by atoms with Gasteiger partial charge in [0.25, 0.3) is 11.5 Å². The summed E-state index contributed by atoms with van der Waals surface area (Å²) in [5.41, 5.74) is 3.45. The second kappa shape index (κ2) is 12.6. The minimum atomic E-state index is -2.40. The number of aromatic nitrogens is 4. The summed E-state index contributed by atoms with van der Waals surface area (Å²) in [6, 6.07) is 7.51. The van der Waals surface area contributed by atoms with E-state index in [0.717, 1.165) is 16.1 Å². The summed E-state index contributed by atoms with van der Waals surface area (Å²) in [5, 5.41) is 21.9. The first kappa shape index (κ1) is 35.4. The number of hydrogen-bond acceptors (Lipinski definition) is 11. The van der Waals surface area contributed by atoms with Crippen molar-refractivity contribution in [1.82, 2.24) is 29.9 Å². The molecule has 15 heteroatoms. The van der Waals surface area contributed by atoms with E-state index in [1.807, 2.05) is 17.0 Å². The monoisotopic (exact) mass is 725 g/mol. The second-order valence-electron chi connectivity index (χ2n) is 15.4. The summed E-state index contributed by atoms with van der Waals surface area (Å²) < 4.78 is 7.94. The van der Waals surface area contributed by atoms with E-state index >= 15 is 0 Å². The molecule has 0 unspecified atom stereocenters. The van der Waals surface area contributed by atoms with Crippen molar-refractivity contribution in [2.75, 3.05) is 31.1 Å². The minimum Gasteiger partial charge on any atom is -0.410 e. The van der Waals surface area contributed by atoms with Gasteiger partial charge in [0.05, 0.1) is 37.1 Å². The van der Waals surface area contributed by atoms with Crippen LogP contribution in [0.4, 0.5) is 10.7 Å². The molecule has 0 spiro atoms. The summed E-state index contributed by atoms with van der Waals surface area (Å²) in [6.45, 7) is 14.8. The molecule has 0 bridgehead atoms. The normalized spacial score (nSPS) is 18.6. The van der Waals surface area contributed by atoms with Crippen LogP contribution in [0.1, 0.15) is 67.6 Å². The maximum Gasteiger partial charge on any atom is 0.415 e. The van der Waals surface area contributed by atoms with Gasteiger partial charge in [0.15, 0.2) is 5.78 Å². The van der Waals surface area contributed by atoms with Gasteiger partial charge < -0.3 is 24.2 Å². The molecule has 1 atom stereocenters. The molecule has 0 radical (unpaired) electrons. The average molecular weight is 726 g/mol. The molecule has 14 nitrogen and oxygen atoms in total. The van der Waals surface area contributed by atoms with Crippen LogP contribution in [0.15, 0.2) is 41.5 Å². The Morgan fingerprint density at radius 1 is 1.04 bits per heavy atom. The molecular weight excluding hydrogens is 683 g/mol. The number of aliphatic hydroxyl groups is 1. The van der Waals surface area contributed by atoms with Gasteiger partial charge >= 0.3 is 6.09 Å². The number of fused-ring (bicyclic) bond motifs is 5. The first-order valence-corrected chi connectivity index (χ1v) is 20.6. The van der Waals surface area contributed by atoms with Crippen molar-refractivity contribution < 1.29 is 29.4 Å². The molecule has 4 aromatic rings. The molecule has 0 saturated carbocycles. The molecule has 1 saturated heterocycles.